The molecule has 0 spiro atoms. The Morgan fingerprint density at radius 3 is 2.33 bits per heavy atom. The molecule has 0 aliphatic rings. The van der Waals surface area contributed by atoms with E-state index in [-0.39, 0.29) is 0 Å². The van der Waals surface area contributed by atoms with E-state index in [1.807, 2.05) is 0 Å². The molecule has 1 aromatic heterocycles. The average Bonchev–Trinajstić information content (AvgIpc) is 2.37. The quantitative estimate of drug-likeness (QED) is 0.812. The number of hydrogen-bond acceptors (Lipinski definition) is 2. The lowest BCUT2D eigenvalue weighted by Gasteiger charge is -2.06. The number of nitrogens with zero attached hydrogens (tertiary/aromatic N) is 2. The SMILES string of the molecule is FC(F)(F)c1cccc(/C=C/c2ncccn2)c1. The van der Waals surface area contributed by atoms with Gasteiger partial charge in [-0.1, -0.05) is 18.2 Å². The Morgan fingerprint density at radius 1 is 0.944 bits per heavy atom. The molecule has 0 aliphatic carbocycles. The molecule has 1 heterocycles. The molecule has 0 fully saturated rings. The van der Waals surface area contributed by atoms with Crippen molar-refractivity contribution in [3.05, 3.63) is 59.7 Å². The van der Waals surface area contributed by atoms with Crippen LogP contribution in [0.25, 0.3) is 12.2 Å². The molecule has 2 aromatic rings. The van der Waals surface area contributed by atoms with E-state index in [2.05, 4.69) is 9.97 Å². The van der Waals surface area contributed by atoms with Gasteiger partial charge in [-0.3, -0.25) is 0 Å². The Labute approximate surface area is 102 Å². The van der Waals surface area contributed by atoms with Crippen molar-refractivity contribution >= 4 is 12.2 Å². The molecule has 0 amide bonds. The lowest BCUT2D eigenvalue weighted by molar-refractivity contribution is -0.137. The Bertz CT molecular complexity index is 548. The molecule has 0 saturated heterocycles. The molecule has 5 heteroatoms. The van der Waals surface area contributed by atoms with Gasteiger partial charge in [0.05, 0.1) is 5.56 Å². The zero-order chi connectivity index (χ0) is 13.0. The molecular formula is C13H9F3N2. The number of hydrogen-bond donors (Lipinski definition) is 0. The van der Waals surface area contributed by atoms with Crippen LogP contribution in [0.5, 0.6) is 0 Å². The van der Waals surface area contributed by atoms with Gasteiger partial charge in [0.15, 0.2) is 5.82 Å². The van der Waals surface area contributed by atoms with E-state index in [1.165, 1.54) is 6.07 Å². The van der Waals surface area contributed by atoms with Gasteiger partial charge in [0, 0.05) is 12.4 Å². The summed E-state index contributed by atoms with van der Waals surface area (Å²) in [4.78, 5) is 7.89. The number of benzene rings is 1. The Morgan fingerprint density at radius 2 is 1.67 bits per heavy atom. The van der Waals surface area contributed by atoms with Crippen molar-refractivity contribution in [2.45, 2.75) is 6.18 Å². The summed E-state index contributed by atoms with van der Waals surface area (Å²) in [5.41, 5.74) is -0.212. The van der Waals surface area contributed by atoms with Gasteiger partial charge in [-0.25, -0.2) is 9.97 Å². The van der Waals surface area contributed by atoms with Crippen LogP contribution in [0.15, 0.2) is 42.7 Å². The molecular weight excluding hydrogens is 241 g/mol. The zero-order valence-corrected chi connectivity index (χ0v) is 9.22. The first-order chi connectivity index (χ1) is 8.55. The van der Waals surface area contributed by atoms with Crippen molar-refractivity contribution in [1.82, 2.24) is 9.97 Å². The van der Waals surface area contributed by atoms with E-state index >= 15 is 0 Å². The first-order valence-electron chi connectivity index (χ1n) is 5.18. The largest absolute Gasteiger partial charge is 0.416 e. The minimum atomic E-state index is -4.33. The fourth-order valence-electron chi connectivity index (χ4n) is 1.39. The molecule has 2 rings (SSSR count). The number of rotatable bonds is 2. The van der Waals surface area contributed by atoms with Gasteiger partial charge in [-0.15, -0.1) is 0 Å². The molecule has 0 bridgehead atoms. The Hall–Kier alpha value is -2.17. The summed E-state index contributed by atoms with van der Waals surface area (Å²) in [7, 11) is 0. The fraction of sp³-hybridized carbons (Fsp3) is 0.0769. The van der Waals surface area contributed by atoms with Gasteiger partial charge in [0.25, 0.3) is 0 Å². The fourth-order valence-corrected chi connectivity index (χ4v) is 1.39. The molecule has 1 aromatic carbocycles. The molecule has 2 nitrogen and oxygen atoms in total. The van der Waals surface area contributed by atoms with Crippen LogP contribution in [0.2, 0.25) is 0 Å². The predicted molar refractivity (Wildman–Crippen MR) is 62.4 cm³/mol. The summed E-state index contributed by atoms with van der Waals surface area (Å²) in [6, 6.07) is 6.75. The summed E-state index contributed by atoms with van der Waals surface area (Å²) in [6.07, 6.45) is 1.92. The van der Waals surface area contributed by atoms with Crippen LogP contribution in [0.3, 0.4) is 0 Å². The lowest BCUT2D eigenvalue weighted by atomic mass is 10.1. The van der Waals surface area contributed by atoms with Crippen LogP contribution in [0.4, 0.5) is 13.2 Å². The van der Waals surface area contributed by atoms with Gasteiger partial charge in [0.2, 0.25) is 0 Å². The van der Waals surface area contributed by atoms with E-state index in [1.54, 1.807) is 36.7 Å². The van der Waals surface area contributed by atoms with Gasteiger partial charge in [-0.2, -0.15) is 13.2 Å². The van der Waals surface area contributed by atoms with Crippen LogP contribution < -0.4 is 0 Å². The van der Waals surface area contributed by atoms with Crippen LogP contribution in [-0.4, -0.2) is 9.97 Å². The maximum atomic E-state index is 12.5. The Balaban J connectivity index is 2.23. The van der Waals surface area contributed by atoms with E-state index in [0.717, 1.165) is 12.1 Å². The monoisotopic (exact) mass is 250 g/mol. The molecule has 0 saturated carbocycles. The molecule has 0 unspecified atom stereocenters. The topological polar surface area (TPSA) is 25.8 Å². The maximum Gasteiger partial charge on any atom is 0.416 e. The van der Waals surface area contributed by atoms with Crippen molar-refractivity contribution in [1.29, 1.82) is 0 Å². The first kappa shape index (κ1) is 12.3. The molecule has 0 N–H and O–H groups in total. The average molecular weight is 250 g/mol. The number of aromatic nitrogens is 2. The van der Waals surface area contributed by atoms with Crippen LogP contribution in [-0.2, 0) is 6.18 Å². The van der Waals surface area contributed by atoms with Crippen molar-refractivity contribution in [3.63, 3.8) is 0 Å². The van der Waals surface area contributed by atoms with Crippen molar-refractivity contribution in [2.75, 3.05) is 0 Å². The van der Waals surface area contributed by atoms with E-state index in [9.17, 15) is 13.2 Å². The Kier molecular flexibility index (Phi) is 3.41. The van der Waals surface area contributed by atoms with Gasteiger partial charge >= 0.3 is 6.18 Å². The minimum absolute atomic E-state index is 0.454. The highest BCUT2D eigenvalue weighted by Crippen LogP contribution is 2.29. The van der Waals surface area contributed by atoms with Crippen molar-refractivity contribution in [3.8, 4) is 0 Å². The van der Waals surface area contributed by atoms with E-state index in [0.29, 0.717) is 11.4 Å². The summed E-state index contributed by atoms with van der Waals surface area (Å²) >= 11 is 0. The molecule has 0 atom stereocenters. The summed E-state index contributed by atoms with van der Waals surface area (Å²) in [5.74, 6) is 0.454. The first-order valence-corrected chi connectivity index (χ1v) is 5.18. The molecule has 0 radical (unpaired) electrons. The highest BCUT2D eigenvalue weighted by atomic mass is 19.4. The van der Waals surface area contributed by atoms with E-state index in [4.69, 9.17) is 0 Å². The summed E-state index contributed by atoms with van der Waals surface area (Å²) in [5, 5.41) is 0. The van der Waals surface area contributed by atoms with Gasteiger partial charge in [0.1, 0.15) is 0 Å². The van der Waals surface area contributed by atoms with Gasteiger partial charge < -0.3 is 0 Å². The number of alkyl halides is 3. The third-order valence-corrected chi connectivity index (χ3v) is 2.22. The summed E-state index contributed by atoms with van der Waals surface area (Å²) < 4.78 is 37.4. The second-order valence-electron chi connectivity index (χ2n) is 3.56. The zero-order valence-electron chi connectivity index (χ0n) is 9.22. The maximum absolute atomic E-state index is 12.5. The lowest BCUT2D eigenvalue weighted by Crippen LogP contribution is -2.04. The minimum Gasteiger partial charge on any atom is -0.237 e. The second-order valence-corrected chi connectivity index (χ2v) is 3.56. The predicted octanol–water partition coefficient (Wildman–Crippen LogP) is 3.67. The van der Waals surface area contributed by atoms with E-state index < -0.39 is 11.7 Å². The number of halogens is 3. The second kappa shape index (κ2) is 5.00. The van der Waals surface area contributed by atoms with Crippen LogP contribution in [0, 0.1) is 0 Å². The molecule has 18 heavy (non-hydrogen) atoms. The third kappa shape index (κ3) is 3.16. The van der Waals surface area contributed by atoms with Crippen molar-refractivity contribution < 1.29 is 13.2 Å². The van der Waals surface area contributed by atoms with Gasteiger partial charge in [-0.05, 0) is 29.8 Å². The smallest absolute Gasteiger partial charge is 0.237 e. The van der Waals surface area contributed by atoms with Crippen LogP contribution >= 0.6 is 0 Å². The molecule has 0 aliphatic heterocycles. The van der Waals surface area contributed by atoms with Crippen LogP contribution in [0.1, 0.15) is 17.0 Å². The third-order valence-electron chi connectivity index (χ3n) is 2.22. The highest BCUT2D eigenvalue weighted by Gasteiger charge is 2.30. The highest BCUT2D eigenvalue weighted by molar-refractivity contribution is 5.66. The van der Waals surface area contributed by atoms with Crippen molar-refractivity contribution in [2.24, 2.45) is 0 Å². The normalized spacial score (nSPS) is 11.9. The standard InChI is InChI=1S/C13H9F3N2/c14-13(15,16)11-4-1-3-10(9-11)5-6-12-17-7-2-8-18-12/h1-9H/b6-5+. The molecule has 92 valence electrons. The summed E-state index contributed by atoms with van der Waals surface area (Å²) in [6.45, 7) is 0.